The van der Waals surface area contributed by atoms with E-state index in [1.165, 1.54) is 6.39 Å². The highest BCUT2D eigenvalue weighted by Crippen LogP contribution is 2.25. The van der Waals surface area contributed by atoms with E-state index in [4.69, 9.17) is 22.5 Å². The molecule has 0 radical (unpaired) electrons. The molecule has 7 heteroatoms. The van der Waals surface area contributed by atoms with Crippen LogP contribution in [0.2, 0.25) is 0 Å². The van der Waals surface area contributed by atoms with Crippen molar-refractivity contribution in [3.8, 4) is 0 Å². The van der Waals surface area contributed by atoms with E-state index < -0.39 is 0 Å². The van der Waals surface area contributed by atoms with E-state index in [1.54, 1.807) is 6.20 Å². The molecule has 6 nitrogen and oxygen atoms in total. The Morgan fingerprint density at radius 1 is 1.29 bits per heavy atom. The number of aromatic nitrogens is 3. The molecule has 0 aliphatic carbocycles. The zero-order valence-electron chi connectivity index (χ0n) is 11.1. The fourth-order valence-corrected chi connectivity index (χ4v) is 2.28. The normalized spacial score (nSPS) is 10.7. The Labute approximate surface area is 126 Å². The van der Waals surface area contributed by atoms with Crippen LogP contribution in [0.3, 0.4) is 0 Å². The van der Waals surface area contributed by atoms with E-state index in [9.17, 15) is 0 Å². The van der Waals surface area contributed by atoms with E-state index >= 15 is 0 Å². The minimum Gasteiger partial charge on any atom is -0.389 e. The van der Waals surface area contributed by atoms with E-state index in [0.29, 0.717) is 23.8 Å². The molecule has 0 saturated carbocycles. The fraction of sp³-hybridized carbons (Fsp3) is 0.143. The second kappa shape index (κ2) is 5.84. The highest BCUT2D eigenvalue weighted by atomic mass is 32.1. The number of fused-ring (bicyclic) bond motifs is 1. The molecule has 0 unspecified atom stereocenters. The lowest BCUT2D eigenvalue weighted by atomic mass is 10.1. The summed E-state index contributed by atoms with van der Waals surface area (Å²) < 4.78 is 4.71. The molecule has 2 heterocycles. The number of hydrogen-bond acceptors (Lipinski definition) is 6. The molecule has 106 valence electrons. The van der Waals surface area contributed by atoms with Gasteiger partial charge in [-0.2, -0.15) is 4.98 Å². The van der Waals surface area contributed by atoms with Crippen molar-refractivity contribution in [1.29, 1.82) is 0 Å². The molecular formula is C14H13N5OS. The van der Waals surface area contributed by atoms with Crippen molar-refractivity contribution >= 4 is 33.8 Å². The van der Waals surface area contributed by atoms with Gasteiger partial charge in [0.1, 0.15) is 4.99 Å². The Kier molecular flexibility index (Phi) is 3.74. The number of rotatable bonds is 5. The first-order valence-corrected chi connectivity index (χ1v) is 6.83. The van der Waals surface area contributed by atoms with Crippen LogP contribution in [0.4, 0.5) is 5.69 Å². The van der Waals surface area contributed by atoms with Gasteiger partial charge in [0, 0.05) is 24.5 Å². The summed E-state index contributed by atoms with van der Waals surface area (Å²) in [4.78, 5) is 8.68. The monoisotopic (exact) mass is 299 g/mol. The van der Waals surface area contributed by atoms with Gasteiger partial charge < -0.3 is 15.6 Å². The van der Waals surface area contributed by atoms with E-state index in [0.717, 1.165) is 22.2 Å². The lowest BCUT2D eigenvalue weighted by molar-refractivity contribution is 0.410. The molecule has 0 bridgehead atoms. The Balaban J connectivity index is 1.90. The lowest BCUT2D eigenvalue weighted by Crippen LogP contribution is -2.15. The number of anilines is 1. The first-order valence-electron chi connectivity index (χ1n) is 6.42. The number of benzene rings is 1. The Morgan fingerprint density at radius 3 is 2.90 bits per heavy atom. The summed E-state index contributed by atoms with van der Waals surface area (Å²) in [5.41, 5.74) is 8.29. The SMILES string of the molecule is NC(=S)c1cnc2ccccc2c1NCCc1ncon1. The van der Waals surface area contributed by atoms with Crippen LogP contribution in [0.25, 0.3) is 10.9 Å². The summed E-state index contributed by atoms with van der Waals surface area (Å²) in [6, 6.07) is 7.83. The third-order valence-corrected chi connectivity index (χ3v) is 3.32. The van der Waals surface area contributed by atoms with E-state index in [1.807, 2.05) is 24.3 Å². The molecule has 21 heavy (non-hydrogen) atoms. The van der Waals surface area contributed by atoms with Gasteiger partial charge in [-0.25, -0.2) is 0 Å². The number of nitrogens with zero attached hydrogens (tertiary/aromatic N) is 3. The summed E-state index contributed by atoms with van der Waals surface area (Å²) in [6.07, 6.45) is 3.66. The maximum atomic E-state index is 5.78. The van der Waals surface area contributed by atoms with Gasteiger partial charge in [-0.15, -0.1) is 0 Å². The number of nitrogens with one attached hydrogen (secondary N) is 1. The van der Waals surface area contributed by atoms with Crippen LogP contribution in [0.1, 0.15) is 11.4 Å². The van der Waals surface area contributed by atoms with Crippen LogP contribution >= 0.6 is 12.2 Å². The summed E-state index contributed by atoms with van der Waals surface area (Å²) in [5, 5.41) is 8.11. The Bertz CT molecular complexity index is 772. The van der Waals surface area contributed by atoms with Crippen LogP contribution < -0.4 is 11.1 Å². The van der Waals surface area contributed by atoms with Gasteiger partial charge in [-0.3, -0.25) is 4.98 Å². The van der Waals surface area contributed by atoms with Gasteiger partial charge in [0.25, 0.3) is 0 Å². The van der Waals surface area contributed by atoms with Crippen molar-refractivity contribution in [2.45, 2.75) is 6.42 Å². The zero-order chi connectivity index (χ0) is 14.7. The second-order valence-corrected chi connectivity index (χ2v) is 4.89. The van der Waals surface area contributed by atoms with Crippen LogP contribution in [0, 0.1) is 0 Å². The molecule has 0 fully saturated rings. The minimum absolute atomic E-state index is 0.315. The van der Waals surface area contributed by atoms with Crippen molar-refractivity contribution in [1.82, 2.24) is 15.1 Å². The van der Waals surface area contributed by atoms with Gasteiger partial charge in [0.15, 0.2) is 5.82 Å². The highest BCUT2D eigenvalue weighted by Gasteiger charge is 2.10. The van der Waals surface area contributed by atoms with Crippen molar-refractivity contribution < 1.29 is 4.52 Å². The topological polar surface area (TPSA) is 89.9 Å². The van der Waals surface area contributed by atoms with Gasteiger partial charge in [0.05, 0.1) is 16.8 Å². The average molecular weight is 299 g/mol. The number of pyridine rings is 1. The molecule has 3 aromatic rings. The van der Waals surface area contributed by atoms with E-state index in [-0.39, 0.29) is 0 Å². The molecule has 0 spiro atoms. The third kappa shape index (κ3) is 2.82. The molecule has 0 saturated heterocycles. The lowest BCUT2D eigenvalue weighted by Gasteiger charge is -2.13. The average Bonchev–Trinajstić information content (AvgIpc) is 3.00. The zero-order valence-corrected chi connectivity index (χ0v) is 11.9. The van der Waals surface area contributed by atoms with Gasteiger partial charge in [0.2, 0.25) is 6.39 Å². The van der Waals surface area contributed by atoms with Gasteiger partial charge in [-0.05, 0) is 6.07 Å². The number of hydrogen-bond donors (Lipinski definition) is 2. The smallest absolute Gasteiger partial charge is 0.213 e. The van der Waals surface area contributed by atoms with Crippen LogP contribution in [0.15, 0.2) is 41.4 Å². The largest absolute Gasteiger partial charge is 0.389 e. The second-order valence-electron chi connectivity index (χ2n) is 4.45. The Hall–Kier alpha value is -2.54. The molecule has 2 aromatic heterocycles. The maximum Gasteiger partial charge on any atom is 0.213 e. The molecule has 0 amide bonds. The molecular weight excluding hydrogens is 286 g/mol. The highest BCUT2D eigenvalue weighted by molar-refractivity contribution is 7.80. The minimum atomic E-state index is 0.315. The summed E-state index contributed by atoms with van der Waals surface area (Å²) in [7, 11) is 0. The van der Waals surface area contributed by atoms with Crippen LogP contribution in [-0.2, 0) is 6.42 Å². The summed E-state index contributed by atoms with van der Waals surface area (Å²) in [6.45, 7) is 0.642. The number of para-hydroxylation sites is 1. The predicted octanol–water partition coefficient (Wildman–Crippen LogP) is 1.91. The van der Waals surface area contributed by atoms with Gasteiger partial charge >= 0.3 is 0 Å². The molecule has 3 N–H and O–H groups in total. The predicted molar refractivity (Wildman–Crippen MR) is 84.1 cm³/mol. The van der Waals surface area contributed by atoms with E-state index in [2.05, 4.69) is 20.4 Å². The number of thiocarbonyl (C=S) groups is 1. The first kappa shape index (κ1) is 13.4. The molecule has 0 aliphatic rings. The quantitative estimate of drug-likeness (QED) is 0.695. The van der Waals surface area contributed by atoms with Crippen LogP contribution in [0.5, 0.6) is 0 Å². The third-order valence-electron chi connectivity index (χ3n) is 3.10. The first-order chi connectivity index (χ1) is 10.3. The summed E-state index contributed by atoms with van der Waals surface area (Å²) >= 11 is 5.10. The molecule has 1 aromatic carbocycles. The number of nitrogens with two attached hydrogens (primary N) is 1. The summed E-state index contributed by atoms with van der Waals surface area (Å²) in [5.74, 6) is 0.651. The van der Waals surface area contributed by atoms with Crippen molar-refractivity contribution in [2.24, 2.45) is 5.73 Å². The fourth-order valence-electron chi connectivity index (χ4n) is 2.12. The Morgan fingerprint density at radius 2 is 2.14 bits per heavy atom. The van der Waals surface area contributed by atoms with Crippen LogP contribution in [-0.4, -0.2) is 26.7 Å². The molecule has 0 atom stereocenters. The van der Waals surface area contributed by atoms with Gasteiger partial charge in [-0.1, -0.05) is 35.6 Å². The standard InChI is InChI=1S/C14H13N5OS/c15-14(21)10-7-17-11-4-2-1-3-9(11)13(10)16-6-5-12-18-8-20-19-12/h1-4,7-8H,5-6H2,(H2,15,21)(H,16,17). The van der Waals surface area contributed by atoms with Crippen molar-refractivity contribution in [2.75, 3.05) is 11.9 Å². The molecule has 3 rings (SSSR count). The molecule has 0 aliphatic heterocycles. The van der Waals surface area contributed by atoms with Crippen molar-refractivity contribution in [3.05, 3.63) is 48.2 Å². The van der Waals surface area contributed by atoms with Crippen molar-refractivity contribution in [3.63, 3.8) is 0 Å². The maximum absolute atomic E-state index is 5.78.